The summed E-state index contributed by atoms with van der Waals surface area (Å²) >= 11 is 0. The topological polar surface area (TPSA) is 104 Å². The van der Waals surface area contributed by atoms with E-state index < -0.39 is 16.1 Å². The molecule has 1 saturated heterocycles. The fourth-order valence-corrected chi connectivity index (χ4v) is 4.56. The summed E-state index contributed by atoms with van der Waals surface area (Å²) < 4.78 is 26.7. The zero-order valence-electron chi connectivity index (χ0n) is 15.4. The summed E-state index contributed by atoms with van der Waals surface area (Å²) in [7, 11) is -3.63. The van der Waals surface area contributed by atoms with Crippen LogP contribution in [0.2, 0.25) is 0 Å². The molecule has 2 aliphatic heterocycles. The highest BCUT2D eigenvalue weighted by atomic mass is 32.2. The molecule has 0 bridgehead atoms. The molecule has 0 aliphatic carbocycles. The van der Waals surface area contributed by atoms with Crippen molar-refractivity contribution in [1.82, 2.24) is 9.71 Å². The first-order valence-electron chi connectivity index (χ1n) is 9.16. The monoisotopic (exact) mass is 399 g/mol. The van der Waals surface area contributed by atoms with Crippen LogP contribution in [0.3, 0.4) is 0 Å². The van der Waals surface area contributed by atoms with Gasteiger partial charge in [0.05, 0.1) is 16.8 Å². The van der Waals surface area contributed by atoms with Crippen molar-refractivity contribution in [3.05, 3.63) is 48.2 Å². The van der Waals surface area contributed by atoms with Gasteiger partial charge in [0.2, 0.25) is 5.91 Å². The Morgan fingerprint density at radius 2 is 1.96 bits per heavy atom. The van der Waals surface area contributed by atoms with Crippen molar-refractivity contribution in [1.29, 1.82) is 0 Å². The van der Waals surface area contributed by atoms with Crippen LogP contribution in [0.25, 0.3) is 0 Å². The standard InChI is InChI=1S/C19H21N5O3S/c1-13(21-18-15-6-2-3-7-16(15)28(26,27)23-18)19(25)22-14-8-9-17(20-12-14)24-10-4-5-11-24/h2-3,6-9,12-13H,4-5,10-11H2,1H3,(H,21,23)(H,22,25)/t13-/m0/s1. The van der Waals surface area contributed by atoms with E-state index in [1.54, 1.807) is 31.3 Å². The number of hydrogen-bond donors (Lipinski definition) is 2. The number of fused-ring (bicyclic) bond motifs is 1. The molecule has 4 rings (SSSR count). The van der Waals surface area contributed by atoms with E-state index in [0.717, 1.165) is 18.9 Å². The highest BCUT2D eigenvalue weighted by Crippen LogP contribution is 2.23. The van der Waals surface area contributed by atoms with E-state index in [1.165, 1.54) is 18.9 Å². The minimum atomic E-state index is -3.63. The maximum atomic E-state index is 12.5. The largest absolute Gasteiger partial charge is 0.357 e. The molecule has 1 aromatic heterocycles. The number of amidine groups is 1. The van der Waals surface area contributed by atoms with Crippen LogP contribution in [-0.2, 0) is 14.8 Å². The molecule has 2 aliphatic rings. The fraction of sp³-hybridized carbons (Fsp3) is 0.316. The lowest BCUT2D eigenvalue weighted by molar-refractivity contribution is -0.117. The van der Waals surface area contributed by atoms with Gasteiger partial charge in [-0.2, -0.15) is 0 Å². The smallest absolute Gasteiger partial charge is 0.263 e. The molecule has 1 fully saturated rings. The minimum Gasteiger partial charge on any atom is -0.357 e. The number of rotatable bonds is 4. The number of benzene rings is 1. The van der Waals surface area contributed by atoms with E-state index in [0.29, 0.717) is 11.3 Å². The summed E-state index contributed by atoms with van der Waals surface area (Å²) in [6, 6.07) is 9.48. The number of nitrogens with zero attached hydrogens (tertiary/aromatic N) is 3. The fourth-order valence-electron chi connectivity index (χ4n) is 3.32. The third kappa shape index (κ3) is 3.57. The van der Waals surface area contributed by atoms with Gasteiger partial charge in [-0.1, -0.05) is 12.1 Å². The average Bonchev–Trinajstić information content (AvgIpc) is 3.30. The Morgan fingerprint density at radius 1 is 1.21 bits per heavy atom. The zero-order chi connectivity index (χ0) is 19.7. The molecule has 1 amide bonds. The molecule has 3 heterocycles. The van der Waals surface area contributed by atoms with Gasteiger partial charge in [-0.3, -0.25) is 14.5 Å². The molecule has 1 aromatic carbocycles. The van der Waals surface area contributed by atoms with Crippen LogP contribution in [-0.4, -0.2) is 44.3 Å². The van der Waals surface area contributed by atoms with E-state index >= 15 is 0 Å². The number of sulfonamides is 1. The Bertz CT molecular complexity index is 1030. The summed E-state index contributed by atoms with van der Waals surface area (Å²) in [5, 5.41) is 2.77. The molecule has 0 spiro atoms. The highest BCUT2D eigenvalue weighted by Gasteiger charge is 2.31. The van der Waals surface area contributed by atoms with Crippen molar-refractivity contribution >= 4 is 33.3 Å². The van der Waals surface area contributed by atoms with Gasteiger partial charge in [0, 0.05) is 18.7 Å². The number of pyridine rings is 1. The van der Waals surface area contributed by atoms with E-state index in [9.17, 15) is 13.2 Å². The number of nitrogens with one attached hydrogen (secondary N) is 2. The summed E-state index contributed by atoms with van der Waals surface area (Å²) in [5.41, 5.74) is 1.05. The Labute approximate surface area is 163 Å². The van der Waals surface area contributed by atoms with Crippen LogP contribution in [0, 0.1) is 0 Å². The Balaban J connectivity index is 1.46. The first-order valence-corrected chi connectivity index (χ1v) is 10.6. The predicted octanol–water partition coefficient (Wildman–Crippen LogP) is 1.75. The molecule has 9 heteroatoms. The van der Waals surface area contributed by atoms with Crippen LogP contribution in [0.4, 0.5) is 11.5 Å². The van der Waals surface area contributed by atoms with Gasteiger partial charge >= 0.3 is 0 Å². The lowest BCUT2D eigenvalue weighted by Gasteiger charge is -2.16. The minimum absolute atomic E-state index is 0.169. The highest BCUT2D eigenvalue weighted by molar-refractivity contribution is 7.90. The van der Waals surface area contributed by atoms with Crippen LogP contribution < -0.4 is 14.9 Å². The number of carbonyl (C=O) groups is 1. The second kappa shape index (κ2) is 7.23. The molecule has 8 nitrogen and oxygen atoms in total. The normalized spacial score (nSPS) is 19.9. The third-order valence-corrected chi connectivity index (χ3v) is 6.21. The lowest BCUT2D eigenvalue weighted by Crippen LogP contribution is -2.29. The van der Waals surface area contributed by atoms with Gasteiger partial charge in [0.25, 0.3) is 10.0 Å². The van der Waals surface area contributed by atoms with Gasteiger partial charge in [-0.25, -0.2) is 13.4 Å². The number of anilines is 2. The van der Waals surface area contributed by atoms with E-state index in [-0.39, 0.29) is 16.6 Å². The second-order valence-electron chi connectivity index (χ2n) is 6.84. The second-order valence-corrected chi connectivity index (χ2v) is 8.49. The van der Waals surface area contributed by atoms with Crippen LogP contribution in [0.1, 0.15) is 25.3 Å². The number of aromatic nitrogens is 1. The SMILES string of the molecule is C[C@H](N=C1NS(=O)(=O)c2ccccc21)C(=O)Nc1ccc(N2CCCC2)nc1. The van der Waals surface area contributed by atoms with Crippen molar-refractivity contribution in [2.75, 3.05) is 23.3 Å². The summed E-state index contributed by atoms with van der Waals surface area (Å²) in [6.45, 7) is 3.62. The summed E-state index contributed by atoms with van der Waals surface area (Å²) in [4.78, 5) is 23.5. The van der Waals surface area contributed by atoms with E-state index in [1.807, 2.05) is 12.1 Å². The number of hydrogen-bond acceptors (Lipinski definition) is 6. The number of carbonyl (C=O) groups excluding carboxylic acids is 1. The molecule has 2 N–H and O–H groups in total. The molecular formula is C19H21N5O3S. The Kier molecular flexibility index (Phi) is 4.76. The Morgan fingerprint density at radius 3 is 2.68 bits per heavy atom. The van der Waals surface area contributed by atoms with E-state index in [4.69, 9.17) is 0 Å². The maximum absolute atomic E-state index is 12.5. The van der Waals surface area contributed by atoms with Crippen molar-refractivity contribution in [3.8, 4) is 0 Å². The van der Waals surface area contributed by atoms with Gasteiger partial charge < -0.3 is 10.2 Å². The van der Waals surface area contributed by atoms with Gasteiger partial charge in [-0.05, 0) is 44.0 Å². The first-order chi connectivity index (χ1) is 13.4. The van der Waals surface area contributed by atoms with Gasteiger partial charge in [0.1, 0.15) is 17.7 Å². The van der Waals surface area contributed by atoms with Crippen molar-refractivity contribution in [3.63, 3.8) is 0 Å². The molecule has 1 atom stereocenters. The summed E-state index contributed by atoms with van der Waals surface area (Å²) in [5.74, 6) is 0.744. The number of aliphatic imine (C=N–C) groups is 1. The van der Waals surface area contributed by atoms with Crippen LogP contribution in [0.15, 0.2) is 52.5 Å². The lowest BCUT2D eigenvalue weighted by atomic mass is 10.2. The molecule has 0 radical (unpaired) electrons. The number of amides is 1. The van der Waals surface area contributed by atoms with Crippen LogP contribution >= 0.6 is 0 Å². The molecule has 0 unspecified atom stereocenters. The molecule has 2 aromatic rings. The molecule has 28 heavy (non-hydrogen) atoms. The first kappa shape index (κ1) is 18.4. The van der Waals surface area contributed by atoms with E-state index in [2.05, 4.69) is 24.9 Å². The van der Waals surface area contributed by atoms with Crippen molar-refractivity contribution < 1.29 is 13.2 Å². The van der Waals surface area contributed by atoms with Crippen molar-refractivity contribution in [2.24, 2.45) is 4.99 Å². The molecular weight excluding hydrogens is 378 g/mol. The predicted molar refractivity (Wildman–Crippen MR) is 107 cm³/mol. The molecule has 146 valence electrons. The van der Waals surface area contributed by atoms with Crippen molar-refractivity contribution in [2.45, 2.75) is 30.7 Å². The van der Waals surface area contributed by atoms with Gasteiger partial charge in [0.15, 0.2) is 0 Å². The molecule has 0 saturated carbocycles. The quantitative estimate of drug-likeness (QED) is 0.815. The van der Waals surface area contributed by atoms with Gasteiger partial charge in [-0.15, -0.1) is 0 Å². The summed E-state index contributed by atoms with van der Waals surface area (Å²) in [6.07, 6.45) is 3.97. The van der Waals surface area contributed by atoms with Crippen LogP contribution in [0.5, 0.6) is 0 Å². The third-order valence-electron chi connectivity index (χ3n) is 4.81. The zero-order valence-corrected chi connectivity index (χ0v) is 16.2. The Hall–Kier alpha value is -2.94. The average molecular weight is 399 g/mol. The maximum Gasteiger partial charge on any atom is 0.263 e.